The molecule has 0 amide bonds. The molecule has 2 rings (SSSR count). The van der Waals surface area contributed by atoms with Gasteiger partial charge in [-0.2, -0.15) is 13.2 Å². The van der Waals surface area contributed by atoms with E-state index >= 15 is 0 Å². The first-order chi connectivity index (χ1) is 12.8. The zero-order chi connectivity index (χ0) is 19.9. The van der Waals surface area contributed by atoms with Crippen molar-refractivity contribution in [3.05, 3.63) is 39.5 Å². The molecule has 0 aromatic carbocycles. The second kappa shape index (κ2) is 11.4. The predicted molar refractivity (Wildman–Crippen MR) is 115 cm³/mol. The lowest BCUT2D eigenvalue weighted by Gasteiger charge is -2.14. The fraction of sp³-hybridized carbons (Fsp3) is 0.471. The van der Waals surface area contributed by atoms with Gasteiger partial charge in [0.25, 0.3) is 0 Å². The van der Waals surface area contributed by atoms with E-state index in [4.69, 9.17) is 4.74 Å². The Morgan fingerprint density at radius 2 is 2.04 bits per heavy atom. The van der Waals surface area contributed by atoms with Crippen molar-refractivity contribution in [2.24, 2.45) is 4.99 Å². The number of rotatable bonds is 7. The lowest BCUT2D eigenvalue weighted by atomic mass is 10.2. The third kappa shape index (κ3) is 7.41. The van der Waals surface area contributed by atoms with E-state index in [0.717, 1.165) is 21.6 Å². The molecule has 0 spiro atoms. The lowest BCUT2D eigenvalue weighted by Crippen LogP contribution is -2.39. The summed E-state index contributed by atoms with van der Waals surface area (Å²) in [6.07, 6.45) is -3.24. The zero-order valence-corrected chi connectivity index (χ0v) is 18.9. The molecule has 0 aliphatic heterocycles. The number of alkyl halides is 3. The van der Waals surface area contributed by atoms with E-state index in [9.17, 15) is 13.2 Å². The fourth-order valence-electron chi connectivity index (χ4n) is 2.13. The molecule has 2 N–H and O–H groups in total. The second-order valence-corrected chi connectivity index (χ2v) is 6.86. The van der Waals surface area contributed by atoms with Gasteiger partial charge in [0.1, 0.15) is 17.2 Å². The van der Waals surface area contributed by atoms with E-state index in [2.05, 4.69) is 25.6 Å². The summed E-state index contributed by atoms with van der Waals surface area (Å²) in [5, 5.41) is 7.00. The number of nitrogens with one attached hydrogen (secondary N) is 2. The molecule has 11 heteroatoms. The van der Waals surface area contributed by atoms with Crippen molar-refractivity contribution in [2.45, 2.75) is 33.5 Å². The molecular formula is C17H23F3IN5OS. The predicted octanol–water partition coefficient (Wildman–Crippen LogP) is 3.93. The number of aryl methyl sites for hydroxylation is 2. The molecule has 0 saturated carbocycles. The van der Waals surface area contributed by atoms with Gasteiger partial charge in [0, 0.05) is 17.6 Å². The van der Waals surface area contributed by atoms with Crippen LogP contribution in [0.2, 0.25) is 0 Å². The van der Waals surface area contributed by atoms with Crippen molar-refractivity contribution in [3.8, 4) is 5.88 Å². The van der Waals surface area contributed by atoms with E-state index in [0.29, 0.717) is 19.0 Å². The summed E-state index contributed by atoms with van der Waals surface area (Å²) >= 11 is 1.59. The van der Waals surface area contributed by atoms with Crippen LogP contribution in [-0.4, -0.2) is 35.6 Å². The van der Waals surface area contributed by atoms with Gasteiger partial charge in [0.05, 0.1) is 18.8 Å². The number of guanidine groups is 1. The summed E-state index contributed by atoms with van der Waals surface area (Å²) in [5.41, 5.74) is 0.104. The molecule has 0 saturated heterocycles. The number of aliphatic imine (C=N–C) groups is 1. The number of halogens is 4. The Kier molecular flexibility index (Phi) is 9.93. The van der Waals surface area contributed by atoms with Gasteiger partial charge >= 0.3 is 6.18 Å². The SMILES string of the molecule is CCNC(=NCc1nc(C)c(C)s1)NCCOc1ncccc1C(F)(F)F.I. The van der Waals surface area contributed by atoms with E-state index in [1.807, 2.05) is 20.8 Å². The number of nitrogens with zero attached hydrogens (tertiary/aromatic N) is 3. The average molecular weight is 529 g/mol. The average Bonchev–Trinajstić information content (AvgIpc) is 2.94. The quantitative estimate of drug-likeness (QED) is 0.246. The van der Waals surface area contributed by atoms with E-state index in [1.54, 1.807) is 11.3 Å². The van der Waals surface area contributed by atoms with Crippen LogP contribution in [0.3, 0.4) is 0 Å². The molecule has 2 aromatic rings. The maximum absolute atomic E-state index is 12.9. The smallest absolute Gasteiger partial charge is 0.421 e. The summed E-state index contributed by atoms with van der Waals surface area (Å²) in [4.78, 5) is 13.7. The Labute approximate surface area is 183 Å². The number of hydrogen-bond acceptors (Lipinski definition) is 5. The number of pyridine rings is 1. The minimum Gasteiger partial charge on any atom is -0.475 e. The fourth-order valence-corrected chi connectivity index (χ4v) is 2.99. The van der Waals surface area contributed by atoms with Crippen LogP contribution in [0.4, 0.5) is 13.2 Å². The van der Waals surface area contributed by atoms with Crippen molar-refractivity contribution in [3.63, 3.8) is 0 Å². The van der Waals surface area contributed by atoms with Crippen molar-refractivity contribution in [1.29, 1.82) is 0 Å². The highest BCUT2D eigenvalue weighted by atomic mass is 127. The first kappa shape index (κ1) is 24.4. The summed E-state index contributed by atoms with van der Waals surface area (Å²) in [5.74, 6) is 0.117. The molecule has 2 aromatic heterocycles. The van der Waals surface area contributed by atoms with Gasteiger partial charge in [0.2, 0.25) is 5.88 Å². The van der Waals surface area contributed by atoms with Gasteiger partial charge in [-0.15, -0.1) is 35.3 Å². The van der Waals surface area contributed by atoms with Crippen LogP contribution in [0.5, 0.6) is 5.88 Å². The third-order valence-electron chi connectivity index (χ3n) is 3.50. The monoisotopic (exact) mass is 529 g/mol. The normalized spacial score (nSPS) is 11.7. The number of aromatic nitrogens is 2. The molecule has 0 aliphatic carbocycles. The van der Waals surface area contributed by atoms with Gasteiger partial charge in [-0.1, -0.05) is 0 Å². The summed E-state index contributed by atoms with van der Waals surface area (Å²) in [7, 11) is 0. The molecule has 0 aliphatic rings. The van der Waals surface area contributed by atoms with Crippen molar-refractivity contribution in [1.82, 2.24) is 20.6 Å². The Balaban J connectivity index is 0.00000392. The van der Waals surface area contributed by atoms with E-state index in [-0.39, 0.29) is 37.1 Å². The van der Waals surface area contributed by atoms with Gasteiger partial charge < -0.3 is 15.4 Å². The van der Waals surface area contributed by atoms with Crippen LogP contribution < -0.4 is 15.4 Å². The number of ether oxygens (including phenoxy) is 1. The van der Waals surface area contributed by atoms with Crippen LogP contribution in [0.25, 0.3) is 0 Å². The third-order valence-corrected chi connectivity index (χ3v) is 4.56. The van der Waals surface area contributed by atoms with Crippen LogP contribution in [0, 0.1) is 13.8 Å². The molecule has 0 unspecified atom stereocenters. The second-order valence-electron chi connectivity index (χ2n) is 5.57. The Morgan fingerprint density at radius 3 is 2.64 bits per heavy atom. The maximum atomic E-state index is 12.9. The highest BCUT2D eigenvalue weighted by Gasteiger charge is 2.34. The highest BCUT2D eigenvalue weighted by Crippen LogP contribution is 2.34. The summed E-state index contributed by atoms with van der Waals surface area (Å²) < 4.78 is 43.9. The van der Waals surface area contributed by atoms with Crippen LogP contribution in [0.1, 0.15) is 28.1 Å². The molecule has 6 nitrogen and oxygen atoms in total. The molecule has 0 bridgehead atoms. The minimum atomic E-state index is -4.50. The van der Waals surface area contributed by atoms with Crippen molar-refractivity contribution in [2.75, 3.05) is 19.7 Å². The maximum Gasteiger partial charge on any atom is 0.421 e. The molecule has 28 heavy (non-hydrogen) atoms. The van der Waals surface area contributed by atoms with Crippen LogP contribution in [-0.2, 0) is 12.7 Å². The first-order valence-corrected chi connectivity index (χ1v) is 9.23. The van der Waals surface area contributed by atoms with Crippen LogP contribution in [0.15, 0.2) is 23.3 Å². The molecule has 0 radical (unpaired) electrons. The number of thiazole rings is 1. The topological polar surface area (TPSA) is 71.4 Å². The van der Waals surface area contributed by atoms with Gasteiger partial charge in [-0.3, -0.25) is 0 Å². The molecular weight excluding hydrogens is 506 g/mol. The minimum absolute atomic E-state index is 0. The summed E-state index contributed by atoms with van der Waals surface area (Å²) in [6, 6.07) is 2.17. The Morgan fingerprint density at radius 1 is 1.29 bits per heavy atom. The standard InChI is InChI=1S/C17H22F3N5OS.HI/c1-4-21-16(24-10-14-25-11(2)12(3)27-14)23-8-9-26-15-13(17(18,19)20)6-5-7-22-15;/h5-7H,4,8-10H2,1-3H3,(H2,21,23,24);1H. The molecule has 0 fully saturated rings. The highest BCUT2D eigenvalue weighted by molar-refractivity contribution is 14.0. The Bertz CT molecular complexity index is 763. The Hall–Kier alpha value is -1.63. The van der Waals surface area contributed by atoms with Crippen molar-refractivity contribution >= 4 is 41.3 Å². The van der Waals surface area contributed by atoms with Crippen LogP contribution >= 0.6 is 35.3 Å². The van der Waals surface area contributed by atoms with Crippen molar-refractivity contribution < 1.29 is 17.9 Å². The number of hydrogen-bond donors (Lipinski definition) is 2. The molecule has 2 heterocycles. The zero-order valence-electron chi connectivity index (χ0n) is 15.8. The van der Waals surface area contributed by atoms with E-state index < -0.39 is 17.6 Å². The van der Waals surface area contributed by atoms with Gasteiger partial charge in [0.15, 0.2) is 5.96 Å². The lowest BCUT2D eigenvalue weighted by molar-refractivity contribution is -0.139. The van der Waals surface area contributed by atoms with Gasteiger partial charge in [-0.25, -0.2) is 15.0 Å². The van der Waals surface area contributed by atoms with E-state index in [1.165, 1.54) is 12.3 Å². The molecule has 156 valence electrons. The summed E-state index contributed by atoms with van der Waals surface area (Å²) in [6.45, 7) is 7.25. The largest absolute Gasteiger partial charge is 0.475 e. The van der Waals surface area contributed by atoms with Gasteiger partial charge in [-0.05, 0) is 32.9 Å². The molecule has 0 atom stereocenters. The first-order valence-electron chi connectivity index (χ1n) is 8.41.